The first kappa shape index (κ1) is 25.9. The van der Waals surface area contributed by atoms with Gasteiger partial charge in [-0.2, -0.15) is 18.3 Å². The Morgan fingerprint density at radius 3 is 2.15 bits per heavy atom. The minimum Gasteiger partial charge on any atom is -0.363 e. The molecule has 7 heteroatoms. The molecule has 1 aliphatic heterocycles. The van der Waals surface area contributed by atoms with Crippen LogP contribution in [0.5, 0.6) is 0 Å². The lowest BCUT2D eigenvalue weighted by Crippen LogP contribution is -2.36. The lowest BCUT2D eigenvalue weighted by molar-refractivity contribution is -0.173. The van der Waals surface area contributed by atoms with Crippen molar-refractivity contribution in [2.75, 3.05) is 5.32 Å². The summed E-state index contributed by atoms with van der Waals surface area (Å²) < 4.78 is 43.6. The number of Topliss-reactive ketones (excluding diaryl/α,β-unsaturated/α-hetero) is 1. The molecular formula is C33H28F3N3O. The van der Waals surface area contributed by atoms with Crippen LogP contribution in [0.1, 0.15) is 64.3 Å². The topological polar surface area (TPSA) is 46.9 Å². The van der Waals surface area contributed by atoms with Crippen molar-refractivity contribution in [2.24, 2.45) is 0 Å². The van der Waals surface area contributed by atoms with Crippen LogP contribution in [0, 0.1) is 0 Å². The second-order valence-electron chi connectivity index (χ2n) is 10.3. The summed E-state index contributed by atoms with van der Waals surface area (Å²) in [5, 5.41) is 9.27. The molecule has 2 unspecified atom stereocenters. The van der Waals surface area contributed by atoms with Gasteiger partial charge in [-0.05, 0) is 39.9 Å². The van der Waals surface area contributed by atoms with Gasteiger partial charge in [0, 0.05) is 18.8 Å². The Morgan fingerprint density at radius 2 is 1.50 bits per heavy atom. The number of hydrogen-bond donors (Lipinski definition) is 1. The number of fused-ring (bicyclic) bond motifs is 2. The van der Waals surface area contributed by atoms with Gasteiger partial charge in [0.2, 0.25) is 0 Å². The molecule has 1 N–H and O–H groups in total. The summed E-state index contributed by atoms with van der Waals surface area (Å²) in [5.74, 6) is -0.114. The first-order valence-corrected chi connectivity index (χ1v) is 13.4. The van der Waals surface area contributed by atoms with Crippen LogP contribution >= 0.6 is 0 Å². The van der Waals surface area contributed by atoms with Gasteiger partial charge >= 0.3 is 6.18 Å². The van der Waals surface area contributed by atoms with Gasteiger partial charge in [0.05, 0.1) is 17.8 Å². The molecule has 1 aliphatic rings. The molecule has 0 amide bonds. The van der Waals surface area contributed by atoms with Crippen LogP contribution in [0.4, 0.5) is 19.0 Å². The highest BCUT2D eigenvalue weighted by atomic mass is 19.4. The quantitative estimate of drug-likeness (QED) is 0.211. The number of rotatable bonds is 7. The standard InChI is InChI=1S/C33H28F3N3O/c34-33(35,36)31-20-29(26-16-15-22-9-7-8-14-25(22)19-26)38-32-28(21-37-39(31)32)30(40)18-17-27(23-10-3-1-4-11-23)24-12-5-2-6-13-24/h1-16,19,21,27,29,31,38H,17-18,20H2. The van der Waals surface area contributed by atoms with E-state index in [0.717, 1.165) is 32.1 Å². The number of benzene rings is 4. The molecule has 6 rings (SSSR count). The molecule has 0 aliphatic carbocycles. The molecule has 1 aromatic heterocycles. The third kappa shape index (κ3) is 5.11. The zero-order chi connectivity index (χ0) is 27.7. The van der Waals surface area contributed by atoms with Crippen LogP contribution in [0.15, 0.2) is 109 Å². The van der Waals surface area contributed by atoms with Gasteiger partial charge in [0.15, 0.2) is 11.8 Å². The number of hydrogen-bond acceptors (Lipinski definition) is 3. The van der Waals surface area contributed by atoms with E-state index < -0.39 is 18.3 Å². The molecule has 0 saturated heterocycles. The molecule has 0 radical (unpaired) electrons. The SMILES string of the molecule is O=C(CCC(c1ccccc1)c1ccccc1)c1cnn2c1NC(c1ccc3ccccc3c1)CC2C(F)(F)F. The number of carbonyl (C=O) groups is 1. The van der Waals surface area contributed by atoms with E-state index in [2.05, 4.69) is 10.4 Å². The van der Waals surface area contributed by atoms with Gasteiger partial charge in [0.1, 0.15) is 5.82 Å². The van der Waals surface area contributed by atoms with Crippen molar-refractivity contribution in [2.45, 2.75) is 43.4 Å². The van der Waals surface area contributed by atoms with Gasteiger partial charge < -0.3 is 5.32 Å². The van der Waals surface area contributed by atoms with Crippen molar-refractivity contribution in [3.8, 4) is 0 Å². The van der Waals surface area contributed by atoms with Crippen molar-refractivity contribution in [1.29, 1.82) is 0 Å². The molecule has 40 heavy (non-hydrogen) atoms. The highest BCUT2D eigenvalue weighted by Crippen LogP contribution is 2.45. The molecule has 0 bridgehead atoms. The zero-order valence-corrected chi connectivity index (χ0v) is 21.7. The fourth-order valence-corrected chi connectivity index (χ4v) is 5.72. The Labute approximate surface area is 230 Å². The molecule has 0 spiro atoms. The molecule has 2 heterocycles. The number of alkyl halides is 3. The number of ketones is 1. The fourth-order valence-electron chi connectivity index (χ4n) is 5.72. The van der Waals surface area contributed by atoms with Gasteiger partial charge in [-0.1, -0.05) is 97.1 Å². The van der Waals surface area contributed by atoms with Crippen LogP contribution in [-0.2, 0) is 0 Å². The number of nitrogens with zero attached hydrogens (tertiary/aromatic N) is 2. The molecule has 202 valence electrons. The van der Waals surface area contributed by atoms with E-state index in [-0.39, 0.29) is 35.9 Å². The average Bonchev–Trinajstić information content (AvgIpc) is 3.41. The van der Waals surface area contributed by atoms with Crippen LogP contribution in [0.25, 0.3) is 10.8 Å². The average molecular weight is 540 g/mol. The van der Waals surface area contributed by atoms with Crippen LogP contribution in [0.3, 0.4) is 0 Å². The van der Waals surface area contributed by atoms with E-state index in [1.54, 1.807) is 0 Å². The smallest absolute Gasteiger partial charge is 0.363 e. The summed E-state index contributed by atoms with van der Waals surface area (Å²) >= 11 is 0. The first-order chi connectivity index (χ1) is 19.4. The molecule has 2 atom stereocenters. The van der Waals surface area contributed by atoms with Crippen molar-refractivity contribution >= 4 is 22.4 Å². The lowest BCUT2D eigenvalue weighted by atomic mass is 9.86. The number of halogens is 3. The van der Waals surface area contributed by atoms with Crippen molar-refractivity contribution < 1.29 is 18.0 Å². The third-order valence-corrected chi connectivity index (χ3v) is 7.78. The minimum atomic E-state index is -4.51. The highest BCUT2D eigenvalue weighted by Gasteiger charge is 2.47. The summed E-state index contributed by atoms with van der Waals surface area (Å²) in [5.41, 5.74) is 3.11. The second kappa shape index (κ2) is 10.6. The van der Waals surface area contributed by atoms with Gasteiger partial charge in [-0.25, -0.2) is 4.68 Å². The van der Waals surface area contributed by atoms with Crippen molar-refractivity contribution in [3.05, 3.63) is 132 Å². The maximum absolute atomic E-state index is 14.2. The summed E-state index contributed by atoms with van der Waals surface area (Å²) in [6.45, 7) is 0. The summed E-state index contributed by atoms with van der Waals surface area (Å²) in [6, 6.07) is 30.9. The number of nitrogens with one attached hydrogen (secondary N) is 1. The van der Waals surface area contributed by atoms with Crippen LogP contribution < -0.4 is 5.32 Å². The summed E-state index contributed by atoms with van der Waals surface area (Å²) in [4.78, 5) is 13.5. The Balaban J connectivity index is 1.29. The van der Waals surface area contributed by atoms with E-state index in [0.29, 0.717) is 6.42 Å². The Hall–Kier alpha value is -4.39. The van der Waals surface area contributed by atoms with Crippen molar-refractivity contribution in [1.82, 2.24) is 9.78 Å². The molecule has 5 aromatic rings. The monoisotopic (exact) mass is 539 g/mol. The van der Waals surface area contributed by atoms with Crippen LogP contribution in [0.2, 0.25) is 0 Å². The van der Waals surface area contributed by atoms with E-state index in [9.17, 15) is 18.0 Å². The molecular weight excluding hydrogens is 511 g/mol. The maximum atomic E-state index is 14.2. The van der Waals surface area contributed by atoms with E-state index in [1.165, 1.54) is 6.20 Å². The molecule has 4 aromatic carbocycles. The molecule has 4 nitrogen and oxygen atoms in total. The number of aromatic nitrogens is 2. The number of carbonyl (C=O) groups excluding carboxylic acids is 1. The predicted octanol–water partition coefficient (Wildman–Crippen LogP) is 8.49. The van der Waals surface area contributed by atoms with Gasteiger partial charge in [-0.15, -0.1) is 0 Å². The third-order valence-electron chi connectivity index (χ3n) is 7.78. The Kier molecular flexibility index (Phi) is 6.88. The zero-order valence-electron chi connectivity index (χ0n) is 21.7. The Bertz CT molecular complexity index is 1590. The Morgan fingerprint density at radius 1 is 0.875 bits per heavy atom. The van der Waals surface area contributed by atoms with E-state index in [1.807, 2.05) is 103 Å². The highest BCUT2D eigenvalue weighted by molar-refractivity contribution is 6.00. The summed E-state index contributed by atoms with van der Waals surface area (Å²) in [6.07, 6.45) is -2.75. The first-order valence-electron chi connectivity index (χ1n) is 13.4. The minimum absolute atomic E-state index is 0.0148. The maximum Gasteiger partial charge on any atom is 0.410 e. The largest absolute Gasteiger partial charge is 0.410 e. The predicted molar refractivity (Wildman–Crippen MR) is 151 cm³/mol. The second-order valence-corrected chi connectivity index (χ2v) is 10.3. The van der Waals surface area contributed by atoms with E-state index in [4.69, 9.17) is 0 Å². The van der Waals surface area contributed by atoms with Gasteiger partial charge in [0.25, 0.3) is 0 Å². The fraction of sp³-hybridized carbons (Fsp3) is 0.212. The van der Waals surface area contributed by atoms with Crippen LogP contribution in [-0.4, -0.2) is 21.7 Å². The van der Waals surface area contributed by atoms with Gasteiger partial charge in [-0.3, -0.25) is 4.79 Å². The molecule has 0 fully saturated rings. The number of anilines is 1. The normalized spacial score (nSPS) is 17.0. The summed E-state index contributed by atoms with van der Waals surface area (Å²) in [7, 11) is 0. The van der Waals surface area contributed by atoms with Crippen molar-refractivity contribution in [3.63, 3.8) is 0 Å². The molecule has 0 saturated carbocycles. The lowest BCUT2D eigenvalue weighted by Gasteiger charge is -2.34. The van der Waals surface area contributed by atoms with E-state index >= 15 is 0 Å².